The summed E-state index contributed by atoms with van der Waals surface area (Å²) < 4.78 is 0. The van der Waals surface area contributed by atoms with Gasteiger partial charge in [-0.15, -0.1) is 0 Å². The van der Waals surface area contributed by atoms with Gasteiger partial charge in [-0.2, -0.15) is 0 Å². The van der Waals surface area contributed by atoms with Crippen molar-refractivity contribution in [3.8, 4) is 0 Å². The predicted octanol–water partition coefficient (Wildman–Crippen LogP) is 2.49. The lowest BCUT2D eigenvalue weighted by Crippen LogP contribution is -2.05. The van der Waals surface area contributed by atoms with Gasteiger partial charge in [0, 0.05) is 0 Å². The average molecular weight is 100 g/mol. The molecule has 0 aromatic rings. The van der Waals surface area contributed by atoms with E-state index in [1.165, 1.54) is 19.3 Å². The van der Waals surface area contributed by atoms with Crippen LogP contribution < -0.4 is 0 Å². The maximum Gasteiger partial charge on any atom is 1.00 e. The largest absolute Gasteiger partial charge is 1.56 e. The Morgan fingerprint density at radius 2 is 1.71 bits per heavy atom. The van der Waals surface area contributed by atoms with E-state index in [0.717, 1.165) is 12.8 Å². The Morgan fingerprint density at radius 1 is 1.14 bits per heavy atom. The van der Waals surface area contributed by atoms with Gasteiger partial charge in [0.25, 0.3) is 0 Å². The topological polar surface area (TPSA) is 22.3 Å². The minimum Gasteiger partial charge on any atom is -1.56 e. The van der Waals surface area contributed by atoms with E-state index in [0.29, 0.717) is 0 Å². The van der Waals surface area contributed by atoms with Crippen molar-refractivity contribution in [3.63, 3.8) is 0 Å². The van der Waals surface area contributed by atoms with E-state index in [4.69, 9.17) is 5.73 Å². The maximum atomic E-state index is 8.91. The Bertz CT molecular complexity index is 55.0. The molecule has 0 aromatic carbocycles. The molecule has 1 heteroatoms. The molecule has 1 aliphatic rings. The zero-order chi connectivity index (χ0) is 5.11. The molecule has 0 spiro atoms. The van der Waals surface area contributed by atoms with Gasteiger partial charge >= 0.3 is 4.28 Å². The summed E-state index contributed by atoms with van der Waals surface area (Å²) in [4.78, 5) is 0. The molecule has 1 nitrogen and oxygen atoms in total. The first-order valence-electron chi connectivity index (χ1n) is 3.07. The summed E-state index contributed by atoms with van der Waals surface area (Å²) in [6.07, 6.45) is 5.89. The first kappa shape index (κ1) is 5.10. The van der Waals surface area contributed by atoms with Gasteiger partial charge < -0.3 is 11.8 Å². The second kappa shape index (κ2) is 2.31. The van der Waals surface area contributed by atoms with E-state index in [1.54, 1.807) is 0 Å². The summed E-state index contributed by atoms with van der Waals surface area (Å²) in [5.74, 6) is 0. The minimum absolute atomic E-state index is 0. The van der Waals surface area contributed by atoms with Crippen LogP contribution in [0.4, 0.5) is 0 Å². The van der Waals surface area contributed by atoms with E-state index >= 15 is 0 Å². The molecule has 7 heavy (non-hydrogen) atoms. The van der Waals surface area contributed by atoms with Crippen molar-refractivity contribution >= 4 is 0 Å². The number of rotatable bonds is 0. The molecule has 0 bridgehead atoms. The van der Waals surface area contributed by atoms with Crippen LogP contribution in [0, 0.1) is 0 Å². The van der Waals surface area contributed by atoms with Gasteiger partial charge in [0.1, 0.15) is 0 Å². The molecule has 0 aromatic heterocycles. The first-order chi connectivity index (χ1) is 3.39. The van der Waals surface area contributed by atoms with E-state index in [2.05, 4.69) is 0 Å². The number of hydrogen-bond acceptors (Lipinski definition) is 0. The molecule has 0 N–H and O–H groups in total. The summed E-state index contributed by atoms with van der Waals surface area (Å²) in [5, 5.41) is 0. The number of hydrogen-bond donors (Lipinski definition) is 0. The molecule has 0 aliphatic heterocycles. The fourth-order valence-electron chi connectivity index (χ4n) is 1.08. The van der Waals surface area contributed by atoms with Crippen molar-refractivity contribution in [1.82, 2.24) is 0 Å². The second-order valence-electron chi connectivity index (χ2n) is 2.29. The predicted molar refractivity (Wildman–Crippen MR) is 33.6 cm³/mol. The van der Waals surface area contributed by atoms with Gasteiger partial charge in [-0.05, 0) is 0 Å². The Balaban J connectivity index is -0.000000163. The van der Waals surface area contributed by atoms with Crippen LogP contribution in [0.3, 0.4) is 0 Å². The van der Waals surface area contributed by atoms with Crippen LogP contribution in [-0.2, 0) is 0 Å². The Labute approximate surface area is 49.4 Å². The van der Waals surface area contributed by atoms with E-state index in [9.17, 15) is 0 Å². The fraction of sp³-hybridized carbons (Fsp3) is 1.00. The average Bonchev–Trinajstić information content (AvgIpc) is 1.69. The van der Waals surface area contributed by atoms with Gasteiger partial charge in [-0.1, -0.05) is 32.1 Å². The highest BCUT2D eigenvalue weighted by Crippen LogP contribution is 2.18. The van der Waals surface area contributed by atoms with Crippen LogP contribution in [0.5, 0.6) is 0 Å². The Morgan fingerprint density at radius 3 is 2.00 bits per heavy atom. The normalized spacial score (nSPS) is 25.3. The zero-order valence-corrected chi connectivity index (χ0v) is 4.56. The highest BCUT2D eigenvalue weighted by molar-refractivity contribution is 4.76. The quantitative estimate of drug-likeness (QED) is 0.446. The van der Waals surface area contributed by atoms with Gasteiger partial charge in [0.2, 0.25) is 0 Å². The van der Waals surface area contributed by atoms with Crippen molar-refractivity contribution in [2.45, 2.75) is 38.1 Å². The molecule has 0 unspecified atom stereocenters. The van der Waals surface area contributed by atoms with Gasteiger partial charge in [-0.25, -0.2) is 0 Å². The van der Waals surface area contributed by atoms with Gasteiger partial charge in [-0.3, -0.25) is 0 Å². The van der Waals surface area contributed by atoms with Crippen LogP contribution in [0.15, 0.2) is 0 Å². The van der Waals surface area contributed by atoms with Crippen molar-refractivity contribution < 1.29 is 4.28 Å². The molecule has 42 valence electrons. The standard InChI is InChI=1S/C6H11N/c7-6-4-2-1-3-5-6/h6H,1-5H2/q-2/p+3. The maximum absolute atomic E-state index is 8.91. The van der Waals surface area contributed by atoms with Crippen molar-refractivity contribution in [3.05, 3.63) is 5.73 Å². The minimum atomic E-state index is 0. The summed E-state index contributed by atoms with van der Waals surface area (Å²) in [6.45, 7) is 0. The Kier molecular flexibility index (Phi) is 1.69. The molecule has 1 aliphatic carbocycles. The fourth-order valence-corrected chi connectivity index (χ4v) is 1.08. The highest BCUT2D eigenvalue weighted by atomic mass is 14.6. The second-order valence-corrected chi connectivity index (χ2v) is 2.29. The van der Waals surface area contributed by atoms with Crippen LogP contribution in [0.1, 0.15) is 36.4 Å². The summed E-state index contributed by atoms with van der Waals surface area (Å²) in [6, 6.07) is 0.0359. The third-order valence-electron chi connectivity index (χ3n) is 1.57. The number of nitrogens with zero attached hydrogens (tertiary/aromatic N) is 1. The molecule has 0 saturated heterocycles. The molecule has 1 saturated carbocycles. The molecule has 1 rings (SSSR count). The summed E-state index contributed by atoms with van der Waals surface area (Å²) in [5.41, 5.74) is 8.91. The van der Waals surface area contributed by atoms with E-state index in [1.807, 2.05) is 0 Å². The van der Waals surface area contributed by atoms with Crippen LogP contribution in [-0.4, -0.2) is 6.04 Å². The third kappa shape index (κ3) is 1.48. The molecule has 0 amide bonds. The van der Waals surface area contributed by atoms with Crippen LogP contribution in [0.25, 0.3) is 5.73 Å². The van der Waals surface area contributed by atoms with Gasteiger partial charge in [0.05, 0.1) is 0 Å². The monoisotopic (exact) mass is 100 g/mol. The zero-order valence-electron chi connectivity index (χ0n) is 7.56. The molecule has 0 radical (unpaired) electrons. The molecular formula is C6H14N+. The Hall–Kier alpha value is -0.0400. The van der Waals surface area contributed by atoms with Crippen LogP contribution >= 0.6 is 0 Å². The molecular weight excluding hydrogens is 86.1 g/mol. The summed E-state index contributed by atoms with van der Waals surface area (Å²) in [7, 11) is 0. The SMILES string of the molecule is [H+].[H+].[H+].[N-2]C1CCCCC1. The lowest BCUT2D eigenvalue weighted by Gasteiger charge is -2.50. The van der Waals surface area contributed by atoms with Crippen molar-refractivity contribution in [2.75, 3.05) is 0 Å². The lowest BCUT2D eigenvalue weighted by atomic mass is 9.97. The highest BCUT2D eigenvalue weighted by Gasteiger charge is 1.94. The van der Waals surface area contributed by atoms with Crippen molar-refractivity contribution in [2.24, 2.45) is 0 Å². The molecule has 0 atom stereocenters. The third-order valence-corrected chi connectivity index (χ3v) is 1.57. The first-order valence-corrected chi connectivity index (χ1v) is 3.07. The summed E-state index contributed by atoms with van der Waals surface area (Å²) >= 11 is 0. The van der Waals surface area contributed by atoms with Gasteiger partial charge in [0.15, 0.2) is 0 Å². The molecule has 0 heterocycles. The molecule has 1 fully saturated rings. The van der Waals surface area contributed by atoms with Crippen LogP contribution in [0.2, 0.25) is 0 Å². The van der Waals surface area contributed by atoms with Crippen molar-refractivity contribution in [1.29, 1.82) is 0 Å². The lowest BCUT2D eigenvalue weighted by molar-refractivity contribution is 0.483. The smallest absolute Gasteiger partial charge is 1.00 e. The van der Waals surface area contributed by atoms with E-state index < -0.39 is 0 Å². The van der Waals surface area contributed by atoms with E-state index in [-0.39, 0.29) is 10.3 Å².